The maximum Gasteiger partial charge on any atom is 0.410 e. The van der Waals surface area contributed by atoms with Gasteiger partial charge in [0.05, 0.1) is 7.11 Å². The Morgan fingerprint density at radius 2 is 1.56 bits per heavy atom. The third-order valence-corrected chi connectivity index (χ3v) is 6.73. The number of methoxy groups -OCH3 is 1. The monoisotopic (exact) mass is 531 g/mol. The number of amides is 2. The summed E-state index contributed by atoms with van der Waals surface area (Å²) in [6.45, 7) is 6.76. The number of benzene rings is 2. The predicted molar refractivity (Wildman–Crippen MR) is 146 cm³/mol. The van der Waals surface area contributed by atoms with E-state index < -0.39 is 11.5 Å². The minimum Gasteiger partial charge on any atom is -0.497 e. The van der Waals surface area contributed by atoms with Gasteiger partial charge in [-0.05, 0) is 88.1 Å². The van der Waals surface area contributed by atoms with Crippen molar-refractivity contribution in [1.82, 2.24) is 19.5 Å². The maximum atomic E-state index is 12.5. The highest BCUT2D eigenvalue weighted by atomic mass is 16.6. The van der Waals surface area contributed by atoms with Crippen LogP contribution in [-0.2, 0) is 4.74 Å². The Labute approximate surface area is 226 Å². The summed E-state index contributed by atoms with van der Waals surface area (Å²) < 4.78 is 18.3. The molecule has 0 bridgehead atoms. The van der Waals surface area contributed by atoms with Crippen molar-refractivity contribution in [2.24, 2.45) is 5.73 Å². The molecule has 2 aromatic heterocycles. The van der Waals surface area contributed by atoms with E-state index in [-0.39, 0.29) is 17.7 Å². The van der Waals surface area contributed by atoms with Crippen LogP contribution < -0.4 is 15.2 Å². The predicted octanol–water partition coefficient (Wildman–Crippen LogP) is 5.34. The number of carbonyl (C=O) groups excluding carboxylic acids is 2. The van der Waals surface area contributed by atoms with Gasteiger partial charge in [0.1, 0.15) is 28.5 Å². The van der Waals surface area contributed by atoms with Gasteiger partial charge in [0.25, 0.3) is 5.91 Å². The molecule has 1 aliphatic heterocycles. The van der Waals surface area contributed by atoms with E-state index in [4.69, 9.17) is 24.9 Å². The minimum atomic E-state index is -0.579. The van der Waals surface area contributed by atoms with Crippen LogP contribution >= 0.6 is 0 Å². The Hall–Kier alpha value is -4.47. The van der Waals surface area contributed by atoms with Gasteiger partial charge in [-0.1, -0.05) is 0 Å². The molecule has 1 saturated heterocycles. The smallest absolute Gasteiger partial charge is 0.410 e. The van der Waals surface area contributed by atoms with E-state index in [2.05, 4.69) is 5.10 Å². The van der Waals surface area contributed by atoms with Crippen LogP contribution in [-0.4, -0.2) is 57.3 Å². The van der Waals surface area contributed by atoms with Gasteiger partial charge in [0, 0.05) is 30.4 Å². The molecule has 3 N–H and O–H groups in total. The first-order valence-electron chi connectivity index (χ1n) is 12.9. The van der Waals surface area contributed by atoms with Crippen molar-refractivity contribution >= 4 is 17.6 Å². The number of fused-ring (bicyclic) bond motifs is 1. The van der Waals surface area contributed by atoms with Crippen LogP contribution in [0.5, 0.6) is 17.2 Å². The van der Waals surface area contributed by atoms with Gasteiger partial charge in [-0.2, -0.15) is 0 Å². The number of piperidine rings is 1. The lowest BCUT2D eigenvalue weighted by atomic mass is 9.91. The maximum absolute atomic E-state index is 12.5. The van der Waals surface area contributed by atoms with E-state index in [1.54, 1.807) is 16.5 Å². The van der Waals surface area contributed by atoms with Crippen molar-refractivity contribution in [1.29, 1.82) is 0 Å². The lowest BCUT2D eigenvalue weighted by Crippen LogP contribution is -2.41. The van der Waals surface area contributed by atoms with E-state index in [0.717, 1.165) is 29.7 Å². The zero-order valence-electron chi connectivity index (χ0n) is 22.6. The first kappa shape index (κ1) is 26.1. The highest BCUT2D eigenvalue weighted by Crippen LogP contribution is 2.34. The van der Waals surface area contributed by atoms with Crippen molar-refractivity contribution in [3.8, 4) is 28.5 Å². The number of primary amides is 1. The number of nitrogens with one attached hydrogen (secondary N) is 1. The van der Waals surface area contributed by atoms with Crippen LogP contribution in [0.4, 0.5) is 4.79 Å². The molecule has 0 atom stereocenters. The van der Waals surface area contributed by atoms with E-state index in [0.29, 0.717) is 35.9 Å². The molecule has 2 amide bonds. The van der Waals surface area contributed by atoms with Gasteiger partial charge in [-0.15, -0.1) is 0 Å². The quantitative estimate of drug-likeness (QED) is 0.346. The molecule has 0 unspecified atom stereocenters. The molecular weight excluding hydrogens is 498 g/mol. The number of imidazole rings is 1. The average Bonchev–Trinajstić information content (AvgIpc) is 3.48. The van der Waals surface area contributed by atoms with Crippen LogP contribution in [0.2, 0.25) is 0 Å². The molecule has 1 fully saturated rings. The van der Waals surface area contributed by atoms with Gasteiger partial charge in [-0.3, -0.25) is 9.89 Å². The van der Waals surface area contributed by atoms with E-state index >= 15 is 0 Å². The number of hydrogen-bond acceptors (Lipinski definition) is 6. The van der Waals surface area contributed by atoms with Gasteiger partial charge in [0.2, 0.25) is 0 Å². The van der Waals surface area contributed by atoms with Crippen molar-refractivity contribution < 1.29 is 23.8 Å². The Balaban J connectivity index is 1.35. The number of carbonyl (C=O) groups is 2. The second-order valence-corrected chi connectivity index (χ2v) is 10.6. The number of nitrogens with two attached hydrogens (primary N) is 1. The Morgan fingerprint density at radius 3 is 2.13 bits per heavy atom. The fourth-order valence-electron chi connectivity index (χ4n) is 4.83. The van der Waals surface area contributed by atoms with E-state index in [1.165, 1.54) is 0 Å². The highest BCUT2D eigenvalue weighted by molar-refractivity contribution is 5.98. The number of aromatic nitrogens is 3. The summed E-state index contributed by atoms with van der Waals surface area (Å²) in [5, 5.41) is 3.16. The van der Waals surface area contributed by atoms with Crippen LogP contribution in [0.15, 0.2) is 54.7 Å². The van der Waals surface area contributed by atoms with Gasteiger partial charge < -0.3 is 24.8 Å². The standard InChI is InChI=1S/C29H33N5O5/c1-29(2,3)39-28(36)33-15-13-18(14-16-33)23-17-31-34-25(26(30)35)24(32-27(23)34)19-5-7-21(8-6-19)38-22-11-9-20(37-4)10-12-22/h5-12,17-18,31H,13-16H2,1-4H3,(H2,30,35). The van der Waals surface area contributed by atoms with Crippen LogP contribution in [0.1, 0.15) is 55.6 Å². The summed E-state index contributed by atoms with van der Waals surface area (Å²) >= 11 is 0. The molecule has 5 rings (SSSR count). The van der Waals surface area contributed by atoms with Crippen molar-refractivity contribution in [3.63, 3.8) is 0 Å². The fourth-order valence-corrected chi connectivity index (χ4v) is 4.83. The van der Waals surface area contributed by atoms with Crippen molar-refractivity contribution in [3.05, 3.63) is 66.0 Å². The first-order valence-corrected chi connectivity index (χ1v) is 12.9. The number of rotatable bonds is 6. The largest absolute Gasteiger partial charge is 0.497 e. The molecule has 0 spiro atoms. The number of likely N-dealkylation sites (tertiary alicyclic amines) is 1. The third kappa shape index (κ3) is 5.55. The number of H-pyrrole nitrogens is 1. The van der Waals surface area contributed by atoms with Gasteiger partial charge >= 0.3 is 6.09 Å². The summed E-state index contributed by atoms with van der Waals surface area (Å²) in [5.41, 5.74) is 8.44. The second-order valence-electron chi connectivity index (χ2n) is 10.6. The normalized spacial score (nSPS) is 14.4. The molecule has 10 nitrogen and oxygen atoms in total. The number of ether oxygens (including phenoxy) is 3. The Morgan fingerprint density at radius 1 is 0.974 bits per heavy atom. The molecule has 1 aliphatic rings. The number of nitrogens with zero attached hydrogens (tertiary/aromatic N) is 3. The van der Waals surface area contributed by atoms with Crippen LogP contribution in [0.3, 0.4) is 0 Å². The minimum absolute atomic E-state index is 0.175. The molecule has 4 aromatic rings. The zero-order valence-corrected chi connectivity index (χ0v) is 22.6. The highest BCUT2D eigenvalue weighted by Gasteiger charge is 2.30. The SMILES string of the molecule is COc1ccc(Oc2ccc(-c3nc4c(C5CCN(C(=O)OC(C)(C)C)CC5)c[nH]n4c3C(N)=O)cc2)cc1. The van der Waals surface area contributed by atoms with Gasteiger partial charge in [0.15, 0.2) is 11.3 Å². The summed E-state index contributed by atoms with van der Waals surface area (Å²) in [4.78, 5) is 31.6. The van der Waals surface area contributed by atoms with Crippen molar-refractivity contribution in [2.75, 3.05) is 20.2 Å². The molecule has 10 heteroatoms. The number of hydrogen-bond donors (Lipinski definition) is 2. The van der Waals surface area contributed by atoms with Gasteiger partial charge in [-0.25, -0.2) is 14.3 Å². The van der Waals surface area contributed by atoms with E-state index in [9.17, 15) is 9.59 Å². The lowest BCUT2D eigenvalue weighted by Gasteiger charge is -2.33. The number of aromatic amines is 1. The topological polar surface area (TPSA) is 124 Å². The summed E-state index contributed by atoms with van der Waals surface area (Å²) in [7, 11) is 1.62. The molecule has 0 saturated carbocycles. The lowest BCUT2D eigenvalue weighted by molar-refractivity contribution is 0.0205. The second kappa shape index (κ2) is 10.4. The van der Waals surface area contributed by atoms with Crippen LogP contribution in [0, 0.1) is 0 Å². The molecule has 39 heavy (non-hydrogen) atoms. The molecule has 204 valence electrons. The average molecular weight is 532 g/mol. The van der Waals surface area contributed by atoms with E-state index in [1.807, 2.05) is 75.5 Å². The molecule has 2 aromatic carbocycles. The zero-order chi connectivity index (χ0) is 27.7. The summed E-state index contributed by atoms with van der Waals surface area (Å²) in [5.74, 6) is 1.67. The third-order valence-electron chi connectivity index (χ3n) is 6.73. The first-order chi connectivity index (χ1) is 18.6. The molecule has 0 aliphatic carbocycles. The fraction of sp³-hybridized carbons (Fsp3) is 0.345. The molecule has 0 radical (unpaired) electrons. The molecular formula is C29H33N5O5. The van der Waals surface area contributed by atoms with Crippen molar-refractivity contribution in [2.45, 2.75) is 45.1 Å². The molecule has 3 heterocycles. The van der Waals surface area contributed by atoms with Crippen LogP contribution in [0.25, 0.3) is 16.9 Å². The summed E-state index contributed by atoms with van der Waals surface area (Å²) in [6, 6.07) is 14.7. The Bertz CT molecular complexity index is 1470. The Kier molecular flexibility index (Phi) is 6.94. The summed E-state index contributed by atoms with van der Waals surface area (Å²) in [6.07, 6.45) is 3.10.